The monoisotopic (exact) mass is 251 g/mol. The molecule has 2 rings (SSSR count). The lowest BCUT2D eigenvalue weighted by atomic mass is 9.91. The first-order valence-electron chi connectivity index (χ1n) is 5.89. The van der Waals surface area contributed by atoms with Crippen molar-refractivity contribution in [1.82, 2.24) is 0 Å². The van der Waals surface area contributed by atoms with Crippen LogP contribution in [0, 0.1) is 11.3 Å². The fourth-order valence-corrected chi connectivity index (χ4v) is 1.98. The number of benzene rings is 2. The summed E-state index contributed by atoms with van der Waals surface area (Å²) in [6, 6.07) is 18.5. The van der Waals surface area contributed by atoms with Crippen LogP contribution in [-0.2, 0) is 9.53 Å². The fraction of sp³-hybridized carbons (Fsp3) is 0.125. The van der Waals surface area contributed by atoms with Crippen molar-refractivity contribution < 1.29 is 9.53 Å². The number of rotatable bonds is 3. The number of hydrogen-bond acceptors (Lipinski definition) is 3. The van der Waals surface area contributed by atoms with Crippen LogP contribution in [0.2, 0.25) is 0 Å². The summed E-state index contributed by atoms with van der Waals surface area (Å²) in [5.41, 5.74) is 2.26. The third-order valence-electron chi connectivity index (χ3n) is 2.94. The van der Waals surface area contributed by atoms with Gasteiger partial charge in [0.25, 0.3) is 0 Å². The Labute approximate surface area is 112 Å². The molecule has 0 spiro atoms. The Balaban J connectivity index is 2.43. The predicted octanol–water partition coefficient (Wildman–Crippen LogP) is 2.86. The number of hydrogen-bond donors (Lipinski definition) is 0. The van der Waals surface area contributed by atoms with Crippen LogP contribution in [0.25, 0.3) is 0 Å². The van der Waals surface area contributed by atoms with Gasteiger partial charge in [-0.3, -0.25) is 4.79 Å². The minimum absolute atomic E-state index is 0.309. The van der Waals surface area contributed by atoms with Gasteiger partial charge in [-0.1, -0.05) is 42.5 Å². The molecular formula is C16H13NO2. The van der Waals surface area contributed by atoms with E-state index in [-0.39, 0.29) is 5.97 Å². The van der Waals surface area contributed by atoms with Crippen molar-refractivity contribution in [3.8, 4) is 6.07 Å². The van der Waals surface area contributed by atoms with Gasteiger partial charge in [-0.15, -0.1) is 0 Å². The Morgan fingerprint density at radius 3 is 2.16 bits per heavy atom. The lowest BCUT2D eigenvalue weighted by Gasteiger charge is -2.15. The summed E-state index contributed by atoms with van der Waals surface area (Å²) in [7, 11) is 1.38. The second-order valence-electron chi connectivity index (χ2n) is 4.10. The van der Waals surface area contributed by atoms with Crippen molar-refractivity contribution >= 4 is 5.97 Å². The highest BCUT2D eigenvalue weighted by Gasteiger charge is 2.23. The molecule has 0 heterocycles. The van der Waals surface area contributed by atoms with E-state index in [0.717, 1.165) is 11.1 Å². The standard InChI is InChI=1S/C16H13NO2/c1-19-16(18)15(13-5-3-2-4-6-13)14-9-7-12(11-17)8-10-14/h2-10,15H,1H3. The Morgan fingerprint density at radius 1 is 1.05 bits per heavy atom. The topological polar surface area (TPSA) is 50.1 Å². The van der Waals surface area contributed by atoms with Crippen molar-refractivity contribution in [2.45, 2.75) is 5.92 Å². The Morgan fingerprint density at radius 2 is 1.63 bits per heavy atom. The first kappa shape index (κ1) is 12.8. The number of esters is 1. The van der Waals surface area contributed by atoms with Crippen LogP contribution >= 0.6 is 0 Å². The second-order valence-corrected chi connectivity index (χ2v) is 4.10. The molecule has 0 aromatic heterocycles. The van der Waals surface area contributed by atoms with E-state index in [1.807, 2.05) is 30.3 Å². The molecule has 0 saturated carbocycles. The zero-order valence-corrected chi connectivity index (χ0v) is 10.5. The highest BCUT2D eigenvalue weighted by atomic mass is 16.5. The van der Waals surface area contributed by atoms with Crippen LogP contribution in [0.5, 0.6) is 0 Å². The molecule has 0 amide bonds. The lowest BCUT2D eigenvalue weighted by molar-refractivity contribution is -0.141. The normalized spacial score (nSPS) is 11.4. The van der Waals surface area contributed by atoms with E-state index in [0.29, 0.717) is 5.56 Å². The summed E-state index contributed by atoms with van der Waals surface area (Å²) >= 11 is 0. The van der Waals surface area contributed by atoms with Crippen molar-refractivity contribution in [2.24, 2.45) is 0 Å². The van der Waals surface area contributed by atoms with Gasteiger partial charge in [0, 0.05) is 0 Å². The average Bonchev–Trinajstić information content (AvgIpc) is 2.49. The molecule has 0 radical (unpaired) electrons. The van der Waals surface area contributed by atoms with Crippen LogP contribution in [-0.4, -0.2) is 13.1 Å². The molecule has 2 aromatic carbocycles. The third kappa shape index (κ3) is 2.80. The summed E-state index contributed by atoms with van der Waals surface area (Å²) in [4.78, 5) is 12.0. The van der Waals surface area contributed by atoms with Crippen molar-refractivity contribution in [2.75, 3.05) is 7.11 Å². The summed E-state index contributed by atoms with van der Waals surface area (Å²) in [5.74, 6) is -0.769. The van der Waals surface area contributed by atoms with E-state index in [2.05, 4.69) is 6.07 Å². The predicted molar refractivity (Wildman–Crippen MR) is 71.5 cm³/mol. The molecule has 19 heavy (non-hydrogen) atoms. The van der Waals surface area contributed by atoms with E-state index in [9.17, 15) is 4.79 Å². The number of carbonyl (C=O) groups is 1. The Hall–Kier alpha value is -2.60. The third-order valence-corrected chi connectivity index (χ3v) is 2.94. The average molecular weight is 251 g/mol. The van der Waals surface area contributed by atoms with Crippen LogP contribution in [0.4, 0.5) is 0 Å². The lowest BCUT2D eigenvalue weighted by Crippen LogP contribution is -2.15. The molecule has 1 atom stereocenters. The summed E-state index contributed by atoms with van der Waals surface area (Å²) in [6.07, 6.45) is 0. The minimum atomic E-state index is -0.459. The van der Waals surface area contributed by atoms with E-state index in [4.69, 9.17) is 10.00 Å². The Bertz CT molecular complexity index is 597. The molecule has 0 aliphatic carbocycles. The molecule has 3 nitrogen and oxygen atoms in total. The van der Waals surface area contributed by atoms with E-state index >= 15 is 0 Å². The molecule has 0 fully saturated rings. The zero-order valence-electron chi connectivity index (χ0n) is 10.5. The maximum Gasteiger partial charge on any atom is 0.317 e. The summed E-state index contributed by atoms with van der Waals surface area (Å²) in [6.45, 7) is 0. The van der Waals surface area contributed by atoms with Gasteiger partial charge in [0.15, 0.2) is 0 Å². The summed E-state index contributed by atoms with van der Waals surface area (Å²) < 4.78 is 4.87. The quantitative estimate of drug-likeness (QED) is 0.788. The highest BCUT2D eigenvalue weighted by molar-refractivity contribution is 5.82. The van der Waals surface area contributed by atoms with Crippen LogP contribution < -0.4 is 0 Å². The molecule has 0 bridgehead atoms. The van der Waals surface area contributed by atoms with Crippen molar-refractivity contribution in [3.05, 3.63) is 71.3 Å². The summed E-state index contributed by atoms with van der Waals surface area (Å²) in [5, 5.41) is 8.80. The van der Waals surface area contributed by atoms with Crippen molar-refractivity contribution in [1.29, 1.82) is 5.26 Å². The number of carbonyl (C=O) groups excluding carboxylic acids is 1. The molecule has 2 aromatic rings. The molecule has 0 aliphatic heterocycles. The smallest absolute Gasteiger partial charge is 0.317 e. The number of nitrogens with zero attached hydrogens (tertiary/aromatic N) is 1. The molecule has 0 saturated heterocycles. The molecule has 1 unspecified atom stereocenters. The molecule has 3 heteroatoms. The molecule has 94 valence electrons. The molecule has 0 N–H and O–H groups in total. The SMILES string of the molecule is COC(=O)C(c1ccccc1)c1ccc(C#N)cc1. The number of methoxy groups -OCH3 is 1. The first-order valence-corrected chi connectivity index (χ1v) is 5.89. The van der Waals surface area contributed by atoms with Gasteiger partial charge >= 0.3 is 5.97 Å². The molecular weight excluding hydrogens is 238 g/mol. The maximum atomic E-state index is 12.0. The van der Waals surface area contributed by atoms with Gasteiger partial charge < -0.3 is 4.74 Å². The maximum absolute atomic E-state index is 12.0. The van der Waals surface area contributed by atoms with E-state index < -0.39 is 5.92 Å². The Kier molecular flexibility index (Phi) is 3.94. The van der Waals surface area contributed by atoms with E-state index in [1.54, 1.807) is 24.3 Å². The zero-order chi connectivity index (χ0) is 13.7. The van der Waals surface area contributed by atoms with Gasteiger partial charge in [0.05, 0.1) is 18.7 Å². The van der Waals surface area contributed by atoms with Gasteiger partial charge in [0.1, 0.15) is 5.92 Å². The van der Waals surface area contributed by atoms with Gasteiger partial charge in [0.2, 0.25) is 0 Å². The largest absolute Gasteiger partial charge is 0.468 e. The second kappa shape index (κ2) is 5.83. The first-order chi connectivity index (χ1) is 9.26. The van der Waals surface area contributed by atoms with Crippen LogP contribution in [0.1, 0.15) is 22.6 Å². The van der Waals surface area contributed by atoms with Crippen molar-refractivity contribution in [3.63, 3.8) is 0 Å². The molecule has 0 aliphatic rings. The van der Waals surface area contributed by atoms with Crippen LogP contribution in [0.3, 0.4) is 0 Å². The van der Waals surface area contributed by atoms with Crippen LogP contribution in [0.15, 0.2) is 54.6 Å². The fourth-order valence-electron chi connectivity index (χ4n) is 1.98. The van der Waals surface area contributed by atoms with Gasteiger partial charge in [-0.05, 0) is 23.3 Å². The van der Waals surface area contributed by atoms with E-state index in [1.165, 1.54) is 7.11 Å². The minimum Gasteiger partial charge on any atom is -0.468 e. The number of nitriles is 1. The number of ether oxygens (including phenoxy) is 1. The van der Waals surface area contributed by atoms with Gasteiger partial charge in [-0.2, -0.15) is 5.26 Å². The highest BCUT2D eigenvalue weighted by Crippen LogP contribution is 2.26. The van der Waals surface area contributed by atoms with Gasteiger partial charge in [-0.25, -0.2) is 0 Å².